The quantitative estimate of drug-likeness (QED) is 0.170. The summed E-state index contributed by atoms with van der Waals surface area (Å²) >= 11 is 0. The Hall–Kier alpha value is -7.16. The zero-order valence-corrected chi connectivity index (χ0v) is 30.6. The van der Waals surface area contributed by atoms with E-state index in [-0.39, 0.29) is 0 Å². The van der Waals surface area contributed by atoms with E-state index in [0.717, 1.165) is 68.2 Å². The molecule has 0 atom stereocenters. The number of hydrogen-bond donors (Lipinski definition) is 0. The molecule has 0 N–H and O–H groups in total. The highest BCUT2D eigenvalue weighted by Crippen LogP contribution is 2.48. The van der Waals surface area contributed by atoms with E-state index in [1.54, 1.807) is 0 Å². The van der Waals surface area contributed by atoms with E-state index < -0.39 is 0 Å². The minimum atomic E-state index is 0.886. The van der Waals surface area contributed by atoms with Crippen LogP contribution < -0.4 is 0 Å². The summed E-state index contributed by atoms with van der Waals surface area (Å²) in [6, 6.07) is 61.9. The average molecular weight is 715 g/mol. The summed E-state index contributed by atoms with van der Waals surface area (Å²) in [5, 5.41) is 10.7. The molecule has 0 radical (unpaired) electrons. The van der Waals surface area contributed by atoms with Crippen LogP contribution in [0.1, 0.15) is 17.7 Å². The predicted octanol–water partition coefficient (Wildman–Crippen LogP) is 15.4. The fraction of sp³-hybridized carbons (Fsp3) is 0.0370. The summed E-state index contributed by atoms with van der Waals surface area (Å²) in [5.74, 6) is 1.03. The fourth-order valence-corrected chi connectivity index (χ4v) is 9.32. The Labute approximate surface area is 323 Å². The average Bonchev–Trinajstić information content (AvgIpc) is 3.84. The molecule has 12 rings (SSSR count). The van der Waals surface area contributed by atoms with E-state index in [1.807, 2.05) is 6.07 Å². The minimum Gasteiger partial charge on any atom is -0.460 e. The van der Waals surface area contributed by atoms with Crippen molar-refractivity contribution in [3.8, 4) is 44.5 Å². The Morgan fingerprint density at radius 1 is 0.393 bits per heavy atom. The maximum atomic E-state index is 6.78. The standard InChI is InChI=1S/C54H34O2/c1-2-14-34-29-36(28-27-33(34)13-1)35-15-11-17-38(30-35)50-41-20-3-5-22-43(41)51(44-23-6-4-21-42(44)50)39-18-12-16-37(31-39)46-32-47-40-19-7-9-25-48(40)55-54(47)52-45-24-8-10-26-49(45)56-53(46)52/h1-9,11-25,27-32H,10,26H2. The lowest BCUT2D eigenvalue weighted by atomic mass is 9.85. The number of hydrogen-bond acceptors (Lipinski definition) is 2. The van der Waals surface area contributed by atoms with E-state index in [0.29, 0.717) is 0 Å². The van der Waals surface area contributed by atoms with Crippen molar-refractivity contribution in [2.24, 2.45) is 0 Å². The van der Waals surface area contributed by atoms with Crippen molar-refractivity contribution in [2.75, 3.05) is 0 Å². The van der Waals surface area contributed by atoms with Crippen LogP contribution in [0, 0.1) is 0 Å². The summed E-state index contributed by atoms with van der Waals surface area (Å²) in [5.41, 5.74) is 13.3. The van der Waals surface area contributed by atoms with Crippen LogP contribution in [0.5, 0.6) is 0 Å². The molecule has 1 aliphatic carbocycles. The molecule has 9 aromatic carbocycles. The van der Waals surface area contributed by atoms with Gasteiger partial charge in [-0.05, 0) is 108 Å². The second-order valence-electron chi connectivity index (χ2n) is 15.0. The molecule has 0 saturated carbocycles. The van der Waals surface area contributed by atoms with Crippen molar-refractivity contribution in [3.05, 3.63) is 187 Å². The third-order valence-corrected chi connectivity index (χ3v) is 11.9. The van der Waals surface area contributed by atoms with E-state index in [9.17, 15) is 0 Å². The van der Waals surface area contributed by atoms with E-state index in [2.05, 4.69) is 176 Å². The number of aryl methyl sites for hydroxylation is 1. The van der Waals surface area contributed by atoms with Gasteiger partial charge in [0, 0.05) is 28.3 Å². The molecule has 0 unspecified atom stereocenters. The van der Waals surface area contributed by atoms with Crippen LogP contribution in [0.15, 0.2) is 185 Å². The minimum absolute atomic E-state index is 0.886. The largest absolute Gasteiger partial charge is 0.460 e. The Balaban J connectivity index is 1.08. The molecule has 2 heteroatoms. The fourth-order valence-electron chi connectivity index (χ4n) is 9.32. The van der Waals surface area contributed by atoms with Crippen LogP contribution in [-0.4, -0.2) is 0 Å². The first-order valence-corrected chi connectivity index (χ1v) is 19.5. The summed E-state index contributed by atoms with van der Waals surface area (Å²) in [6.07, 6.45) is 6.33. The Kier molecular flexibility index (Phi) is 6.79. The smallest absolute Gasteiger partial charge is 0.147 e. The first-order valence-electron chi connectivity index (χ1n) is 19.5. The monoisotopic (exact) mass is 714 g/mol. The van der Waals surface area contributed by atoms with Gasteiger partial charge in [-0.3, -0.25) is 0 Å². The topological polar surface area (TPSA) is 26.3 Å². The molecular weight excluding hydrogens is 681 g/mol. The highest BCUT2D eigenvalue weighted by Gasteiger charge is 2.24. The molecule has 0 fully saturated rings. The molecule has 0 bridgehead atoms. The summed E-state index contributed by atoms with van der Waals surface area (Å²) in [6.45, 7) is 0. The van der Waals surface area contributed by atoms with Crippen molar-refractivity contribution in [1.29, 1.82) is 0 Å². The van der Waals surface area contributed by atoms with Crippen LogP contribution in [0.4, 0.5) is 0 Å². The first kappa shape index (κ1) is 31.2. The van der Waals surface area contributed by atoms with Crippen molar-refractivity contribution >= 4 is 71.3 Å². The van der Waals surface area contributed by atoms with Crippen LogP contribution in [0.25, 0.3) is 116 Å². The third-order valence-electron chi connectivity index (χ3n) is 11.9. The van der Waals surface area contributed by atoms with E-state index in [1.165, 1.54) is 65.7 Å². The van der Waals surface area contributed by atoms with Gasteiger partial charge in [0.2, 0.25) is 0 Å². The van der Waals surface area contributed by atoms with Crippen LogP contribution >= 0.6 is 0 Å². The highest BCUT2D eigenvalue weighted by molar-refractivity contribution is 6.23. The zero-order chi connectivity index (χ0) is 36.7. The van der Waals surface area contributed by atoms with Crippen molar-refractivity contribution in [3.63, 3.8) is 0 Å². The SMILES string of the molecule is C1=Cc2c(oc3c(-c4cccc(-c5c6ccccc6c(-c6cccc(-c7ccc8ccccc8c7)c6)c6ccccc56)c4)cc4c5ccccc5oc4c23)CC1. The van der Waals surface area contributed by atoms with Gasteiger partial charge >= 0.3 is 0 Å². The molecule has 2 aromatic heterocycles. The third kappa shape index (κ3) is 4.69. The van der Waals surface area contributed by atoms with Gasteiger partial charge in [-0.1, -0.05) is 152 Å². The molecule has 2 heterocycles. The van der Waals surface area contributed by atoms with Crippen LogP contribution in [0.2, 0.25) is 0 Å². The summed E-state index contributed by atoms with van der Waals surface area (Å²) in [7, 11) is 0. The lowest BCUT2D eigenvalue weighted by Crippen LogP contribution is -1.91. The molecule has 0 amide bonds. The molecule has 1 aliphatic rings. The normalized spacial score (nSPS) is 12.8. The molecule has 0 saturated heterocycles. The van der Waals surface area contributed by atoms with Gasteiger partial charge in [0.15, 0.2) is 0 Å². The molecule has 56 heavy (non-hydrogen) atoms. The highest BCUT2D eigenvalue weighted by atomic mass is 16.3. The lowest BCUT2D eigenvalue weighted by Gasteiger charge is -2.18. The van der Waals surface area contributed by atoms with Crippen molar-refractivity contribution in [1.82, 2.24) is 0 Å². The first-order chi connectivity index (χ1) is 27.8. The number of benzene rings is 9. The number of allylic oxidation sites excluding steroid dienone is 1. The van der Waals surface area contributed by atoms with Gasteiger partial charge in [-0.2, -0.15) is 0 Å². The molecule has 11 aromatic rings. The maximum absolute atomic E-state index is 6.78. The predicted molar refractivity (Wildman–Crippen MR) is 235 cm³/mol. The summed E-state index contributed by atoms with van der Waals surface area (Å²) in [4.78, 5) is 0. The number of furan rings is 2. The van der Waals surface area contributed by atoms with Gasteiger partial charge in [0.1, 0.15) is 22.5 Å². The molecule has 0 spiro atoms. The van der Waals surface area contributed by atoms with Gasteiger partial charge in [-0.15, -0.1) is 0 Å². The number of fused-ring (bicyclic) bond motifs is 10. The van der Waals surface area contributed by atoms with E-state index in [4.69, 9.17) is 8.83 Å². The van der Waals surface area contributed by atoms with Gasteiger partial charge in [0.25, 0.3) is 0 Å². The summed E-state index contributed by atoms with van der Waals surface area (Å²) < 4.78 is 13.4. The van der Waals surface area contributed by atoms with E-state index >= 15 is 0 Å². The van der Waals surface area contributed by atoms with Crippen LogP contribution in [0.3, 0.4) is 0 Å². The Morgan fingerprint density at radius 2 is 0.982 bits per heavy atom. The Morgan fingerprint density at radius 3 is 1.71 bits per heavy atom. The van der Waals surface area contributed by atoms with Gasteiger partial charge in [0.05, 0.1) is 5.39 Å². The number of rotatable bonds is 4. The van der Waals surface area contributed by atoms with Crippen molar-refractivity contribution in [2.45, 2.75) is 12.8 Å². The lowest BCUT2D eigenvalue weighted by molar-refractivity contribution is 0.547. The maximum Gasteiger partial charge on any atom is 0.147 e. The van der Waals surface area contributed by atoms with Gasteiger partial charge in [-0.25, -0.2) is 0 Å². The molecule has 0 aliphatic heterocycles. The Bertz CT molecular complexity index is 3370. The second-order valence-corrected chi connectivity index (χ2v) is 15.0. The molecule has 2 nitrogen and oxygen atoms in total. The van der Waals surface area contributed by atoms with Crippen molar-refractivity contribution < 1.29 is 8.83 Å². The second kappa shape index (κ2) is 12.2. The molecule has 262 valence electrons. The van der Waals surface area contributed by atoms with Crippen LogP contribution in [-0.2, 0) is 6.42 Å². The number of para-hydroxylation sites is 1. The van der Waals surface area contributed by atoms with Gasteiger partial charge < -0.3 is 8.83 Å². The zero-order valence-electron chi connectivity index (χ0n) is 30.6. The molecular formula is C54H34O2.